The number of carboxylic acids is 1. The third-order valence-corrected chi connectivity index (χ3v) is 4.55. The van der Waals surface area contributed by atoms with Crippen LogP contribution < -0.4 is 9.80 Å². The van der Waals surface area contributed by atoms with Gasteiger partial charge in [-0.1, -0.05) is 0 Å². The van der Waals surface area contributed by atoms with Gasteiger partial charge in [-0.3, -0.25) is 9.59 Å². The summed E-state index contributed by atoms with van der Waals surface area (Å²) in [6, 6.07) is 6.21. The van der Waals surface area contributed by atoms with Crippen molar-refractivity contribution in [3.8, 4) is 0 Å². The van der Waals surface area contributed by atoms with E-state index >= 15 is 0 Å². The van der Waals surface area contributed by atoms with Gasteiger partial charge in [-0.05, 0) is 43.0 Å². The third kappa shape index (κ3) is 2.60. The zero-order valence-electron chi connectivity index (χ0n) is 12.2. The molecule has 0 unspecified atom stereocenters. The molecule has 0 aromatic heterocycles. The molecule has 1 amide bonds. The highest BCUT2D eigenvalue weighted by molar-refractivity contribution is 5.94. The van der Waals surface area contributed by atoms with Crippen molar-refractivity contribution in [1.82, 2.24) is 0 Å². The van der Waals surface area contributed by atoms with Crippen LogP contribution in [0.3, 0.4) is 0 Å². The quantitative estimate of drug-likeness (QED) is 0.903. The highest BCUT2D eigenvalue weighted by Crippen LogP contribution is 2.33. The molecular weight excluding hydrogens is 268 g/mol. The van der Waals surface area contributed by atoms with Gasteiger partial charge in [0.25, 0.3) is 0 Å². The Bertz CT molecular complexity index is 577. The Hall–Kier alpha value is -2.04. The van der Waals surface area contributed by atoms with Crippen LogP contribution in [0.1, 0.15) is 25.3 Å². The van der Waals surface area contributed by atoms with Crippen molar-refractivity contribution in [2.24, 2.45) is 5.92 Å². The molecule has 5 nitrogen and oxygen atoms in total. The van der Waals surface area contributed by atoms with E-state index < -0.39 is 5.97 Å². The van der Waals surface area contributed by atoms with Gasteiger partial charge in [0.2, 0.25) is 5.91 Å². The van der Waals surface area contributed by atoms with Gasteiger partial charge in [-0.25, -0.2) is 0 Å². The average molecular weight is 288 g/mol. The van der Waals surface area contributed by atoms with Crippen LogP contribution in [-0.4, -0.2) is 36.6 Å². The summed E-state index contributed by atoms with van der Waals surface area (Å²) in [6.45, 7) is 3.92. The number of carbonyl (C=O) groups is 2. The summed E-state index contributed by atoms with van der Waals surface area (Å²) in [5.74, 6) is -0.798. The second-order valence-corrected chi connectivity index (χ2v) is 5.83. The number of benzene rings is 1. The van der Waals surface area contributed by atoms with Crippen LogP contribution in [-0.2, 0) is 16.0 Å². The Morgan fingerprint density at radius 1 is 1.19 bits per heavy atom. The second kappa shape index (κ2) is 5.39. The molecule has 2 aliphatic rings. The van der Waals surface area contributed by atoms with Crippen LogP contribution in [0.15, 0.2) is 18.2 Å². The Morgan fingerprint density at radius 3 is 2.52 bits per heavy atom. The molecule has 1 N–H and O–H groups in total. The molecule has 3 rings (SSSR count). The van der Waals surface area contributed by atoms with Gasteiger partial charge >= 0.3 is 5.97 Å². The standard InChI is InChI=1S/C16H20N2O3/c1-11(19)18-9-6-13-10-14(2-3-15(13)18)17-7-4-12(5-8-17)16(20)21/h2-3,10,12H,4-9H2,1H3,(H,20,21). The predicted octanol–water partition coefficient (Wildman–Crippen LogP) is 1.90. The first-order chi connectivity index (χ1) is 10.1. The fourth-order valence-corrected chi connectivity index (χ4v) is 3.30. The number of nitrogens with zero attached hydrogens (tertiary/aromatic N) is 2. The number of hydrogen-bond acceptors (Lipinski definition) is 3. The monoisotopic (exact) mass is 288 g/mol. The molecule has 1 aromatic rings. The minimum absolute atomic E-state index is 0.0868. The number of carbonyl (C=O) groups excluding carboxylic acids is 1. The second-order valence-electron chi connectivity index (χ2n) is 5.83. The van der Waals surface area contributed by atoms with Gasteiger partial charge in [-0.2, -0.15) is 0 Å². The van der Waals surface area contributed by atoms with Gasteiger partial charge in [-0.15, -0.1) is 0 Å². The van der Waals surface area contributed by atoms with E-state index in [0.717, 1.165) is 37.4 Å². The smallest absolute Gasteiger partial charge is 0.306 e. The predicted molar refractivity (Wildman–Crippen MR) is 80.7 cm³/mol. The van der Waals surface area contributed by atoms with E-state index in [4.69, 9.17) is 5.11 Å². The molecule has 1 aromatic carbocycles. The molecule has 2 heterocycles. The first-order valence-electron chi connectivity index (χ1n) is 7.45. The van der Waals surface area contributed by atoms with E-state index in [1.165, 1.54) is 5.56 Å². The Balaban J connectivity index is 1.74. The van der Waals surface area contributed by atoms with E-state index in [2.05, 4.69) is 11.0 Å². The van der Waals surface area contributed by atoms with Crippen molar-refractivity contribution < 1.29 is 14.7 Å². The summed E-state index contributed by atoms with van der Waals surface area (Å²) in [5, 5.41) is 9.05. The Morgan fingerprint density at radius 2 is 1.90 bits per heavy atom. The zero-order valence-corrected chi connectivity index (χ0v) is 12.2. The topological polar surface area (TPSA) is 60.9 Å². The third-order valence-electron chi connectivity index (χ3n) is 4.55. The van der Waals surface area contributed by atoms with Crippen LogP contribution in [0.4, 0.5) is 11.4 Å². The molecule has 1 saturated heterocycles. The van der Waals surface area contributed by atoms with Gasteiger partial charge in [0.15, 0.2) is 0 Å². The number of aliphatic carboxylic acids is 1. The molecule has 0 radical (unpaired) electrons. The zero-order chi connectivity index (χ0) is 15.0. The summed E-state index contributed by atoms with van der Waals surface area (Å²) in [4.78, 5) is 26.6. The normalized spacial score (nSPS) is 18.7. The van der Waals surface area contributed by atoms with Crippen LogP contribution in [0.5, 0.6) is 0 Å². The fourth-order valence-electron chi connectivity index (χ4n) is 3.30. The van der Waals surface area contributed by atoms with Crippen molar-refractivity contribution in [3.63, 3.8) is 0 Å². The van der Waals surface area contributed by atoms with Gasteiger partial charge in [0.1, 0.15) is 0 Å². The molecule has 2 aliphatic heterocycles. The molecule has 0 atom stereocenters. The number of amides is 1. The highest BCUT2D eigenvalue weighted by atomic mass is 16.4. The molecule has 0 saturated carbocycles. The summed E-state index contributed by atoms with van der Waals surface area (Å²) in [6.07, 6.45) is 2.30. The largest absolute Gasteiger partial charge is 0.481 e. The van der Waals surface area contributed by atoms with Crippen molar-refractivity contribution in [2.75, 3.05) is 29.4 Å². The van der Waals surface area contributed by atoms with Crippen molar-refractivity contribution in [2.45, 2.75) is 26.2 Å². The molecule has 0 aliphatic carbocycles. The minimum atomic E-state index is -0.680. The summed E-state index contributed by atoms with van der Waals surface area (Å²) in [5.41, 5.74) is 3.37. The molecule has 112 valence electrons. The summed E-state index contributed by atoms with van der Waals surface area (Å²) in [7, 11) is 0. The van der Waals surface area contributed by atoms with E-state index in [9.17, 15) is 9.59 Å². The number of piperidine rings is 1. The fraction of sp³-hybridized carbons (Fsp3) is 0.500. The lowest BCUT2D eigenvalue weighted by atomic mass is 9.96. The van der Waals surface area contributed by atoms with Gasteiger partial charge in [0, 0.05) is 37.9 Å². The molecule has 21 heavy (non-hydrogen) atoms. The maximum absolute atomic E-state index is 11.6. The number of hydrogen-bond donors (Lipinski definition) is 1. The van der Waals surface area contributed by atoms with E-state index in [-0.39, 0.29) is 11.8 Å². The van der Waals surface area contributed by atoms with Gasteiger partial charge < -0.3 is 14.9 Å². The Labute approximate surface area is 124 Å². The average Bonchev–Trinajstić information content (AvgIpc) is 2.90. The lowest BCUT2D eigenvalue weighted by molar-refractivity contribution is -0.142. The molecule has 0 spiro atoms. The number of rotatable bonds is 2. The minimum Gasteiger partial charge on any atom is -0.481 e. The molecule has 5 heteroatoms. The number of carboxylic acid groups (broad SMARTS) is 1. The maximum atomic E-state index is 11.6. The van der Waals surface area contributed by atoms with E-state index in [0.29, 0.717) is 12.8 Å². The summed E-state index contributed by atoms with van der Waals surface area (Å²) < 4.78 is 0. The van der Waals surface area contributed by atoms with Crippen molar-refractivity contribution in [3.05, 3.63) is 23.8 Å². The summed E-state index contributed by atoms with van der Waals surface area (Å²) >= 11 is 0. The number of fused-ring (bicyclic) bond motifs is 1. The van der Waals surface area contributed by atoms with Crippen LogP contribution in [0, 0.1) is 5.92 Å². The van der Waals surface area contributed by atoms with E-state index in [1.807, 2.05) is 17.0 Å². The van der Waals surface area contributed by atoms with Crippen LogP contribution in [0.25, 0.3) is 0 Å². The van der Waals surface area contributed by atoms with E-state index in [1.54, 1.807) is 6.92 Å². The lowest BCUT2D eigenvalue weighted by Crippen LogP contribution is -2.36. The van der Waals surface area contributed by atoms with Crippen LogP contribution in [0.2, 0.25) is 0 Å². The molecular formula is C16H20N2O3. The Kier molecular flexibility index (Phi) is 3.57. The molecule has 1 fully saturated rings. The number of anilines is 2. The molecule has 0 bridgehead atoms. The first kappa shape index (κ1) is 13.9. The van der Waals surface area contributed by atoms with Gasteiger partial charge in [0.05, 0.1) is 5.92 Å². The first-order valence-corrected chi connectivity index (χ1v) is 7.45. The SMILES string of the molecule is CC(=O)N1CCc2cc(N3CCC(C(=O)O)CC3)ccc21. The van der Waals surface area contributed by atoms with Crippen molar-refractivity contribution in [1.29, 1.82) is 0 Å². The van der Waals surface area contributed by atoms with Crippen molar-refractivity contribution >= 4 is 23.3 Å². The maximum Gasteiger partial charge on any atom is 0.306 e. The van der Waals surface area contributed by atoms with Crippen LogP contribution >= 0.6 is 0 Å². The lowest BCUT2D eigenvalue weighted by Gasteiger charge is -2.32. The highest BCUT2D eigenvalue weighted by Gasteiger charge is 2.26.